The van der Waals surface area contributed by atoms with Crippen LogP contribution in [0.25, 0.3) is 0 Å². The molecular weight excluding hydrogens is 322 g/mol. The third kappa shape index (κ3) is 5.91. The van der Waals surface area contributed by atoms with Gasteiger partial charge in [-0.25, -0.2) is 0 Å². The minimum atomic E-state index is 0.0158. The number of hydrogen-bond donors (Lipinski definition) is 1. The Morgan fingerprint density at radius 2 is 1.79 bits per heavy atom. The summed E-state index contributed by atoms with van der Waals surface area (Å²) in [6.07, 6.45) is 0. The monoisotopic (exact) mass is 345 g/mol. The zero-order chi connectivity index (χ0) is 17.2. The number of hydrogen-bond acceptors (Lipinski definition) is 4. The first kappa shape index (κ1) is 18.4. The molecule has 0 radical (unpaired) electrons. The SMILES string of the molecule is CCOCc1ccccc1CNC(=O)CSc1ccc(OC)cc1. The maximum atomic E-state index is 12.1. The van der Waals surface area contributed by atoms with Crippen molar-refractivity contribution in [3.8, 4) is 5.75 Å². The number of benzene rings is 2. The molecule has 0 aliphatic carbocycles. The minimum Gasteiger partial charge on any atom is -0.497 e. The molecule has 0 bridgehead atoms. The van der Waals surface area contributed by atoms with Crippen molar-refractivity contribution < 1.29 is 14.3 Å². The summed E-state index contributed by atoms with van der Waals surface area (Å²) in [5.41, 5.74) is 2.20. The Labute approximate surface area is 147 Å². The van der Waals surface area contributed by atoms with Crippen molar-refractivity contribution in [1.82, 2.24) is 5.32 Å². The van der Waals surface area contributed by atoms with E-state index in [1.807, 2.05) is 55.5 Å². The molecule has 0 aliphatic heterocycles. The highest BCUT2D eigenvalue weighted by atomic mass is 32.2. The normalized spacial score (nSPS) is 10.4. The summed E-state index contributed by atoms with van der Waals surface area (Å²) < 4.78 is 10.6. The van der Waals surface area contributed by atoms with Crippen LogP contribution < -0.4 is 10.1 Å². The number of ether oxygens (including phenoxy) is 2. The molecule has 0 heterocycles. The van der Waals surface area contributed by atoms with E-state index >= 15 is 0 Å². The molecule has 2 aromatic carbocycles. The molecule has 0 saturated carbocycles. The van der Waals surface area contributed by atoms with Crippen LogP contribution in [-0.4, -0.2) is 25.4 Å². The third-order valence-corrected chi connectivity index (χ3v) is 4.50. The zero-order valence-electron chi connectivity index (χ0n) is 14.1. The van der Waals surface area contributed by atoms with Crippen molar-refractivity contribution in [1.29, 1.82) is 0 Å². The van der Waals surface area contributed by atoms with Crippen LogP contribution in [0.2, 0.25) is 0 Å². The van der Waals surface area contributed by atoms with Gasteiger partial charge in [0, 0.05) is 18.0 Å². The van der Waals surface area contributed by atoms with E-state index in [9.17, 15) is 4.79 Å². The predicted molar refractivity (Wildman–Crippen MR) is 97.3 cm³/mol. The van der Waals surface area contributed by atoms with Gasteiger partial charge in [0.15, 0.2) is 0 Å². The molecule has 0 saturated heterocycles. The quantitative estimate of drug-likeness (QED) is 0.705. The fourth-order valence-electron chi connectivity index (χ4n) is 2.15. The highest BCUT2D eigenvalue weighted by Crippen LogP contribution is 2.21. The first-order valence-electron chi connectivity index (χ1n) is 7.91. The first-order chi connectivity index (χ1) is 11.7. The van der Waals surface area contributed by atoms with Crippen molar-refractivity contribution in [2.24, 2.45) is 0 Å². The molecule has 1 amide bonds. The van der Waals surface area contributed by atoms with E-state index in [1.165, 1.54) is 11.8 Å². The van der Waals surface area contributed by atoms with E-state index in [0.717, 1.165) is 21.8 Å². The average molecular weight is 345 g/mol. The molecular formula is C19H23NO3S. The Kier molecular flexibility index (Phi) is 7.65. The van der Waals surface area contributed by atoms with Crippen LogP contribution in [-0.2, 0) is 22.7 Å². The van der Waals surface area contributed by atoms with Gasteiger partial charge in [-0.15, -0.1) is 11.8 Å². The Morgan fingerprint density at radius 1 is 1.08 bits per heavy atom. The lowest BCUT2D eigenvalue weighted by atomic mass is 10.1. The van der Waals surface area contributed by atoms with Gasteiger partial charge in [0.25, 0.3) is 0 Å². The average Bonchev–Trinajstić information content (AvgIpc) is 2.64. The molecule has 2 rings (SSSR count). The van der Waals surface area contributed by atoms with Crippen LogP contribution in [0.15, 0.2) is 53.4 Å². The standard InChI is InChI=1S/C19H23NO3S/c1-3-23-13-16-7-5-4-6-15(16)12-20-19(21)14-24-18-10-8-17(22-2)9-11-18/h4-11H,3,12-14H2,1-2H3,(H,20,21). The molecule has 0 fully saturated rings. The Balaban J connectivity index is 1.80. The summed E-state index contributed by atoms with van der Waals surface area (Å²) in [7, 11) is 1.64. The molecule has 4 nitrogen and oxygen atoms in total. The summed E-state index contributed by atoms with van der Waals surface area (Å²) in [5.74, 6) is 1.22. The van der Waals surface area contributed by atoms with Gasteiger partial charge >= 0.3 is 0 Å². The number of rotatable bonds is 9. The highest BCUT2D eigenvalue weighted by molar-refractivity contribution is 8.00. The summed E-state index contributed by atoms with van der Waals surface area (Å²) >= 11 is 1.51. The van der Waals surface area contributed by atoms with Gasteiger partial charge in [-0.1, -0.05) is 24.3 Å². The van der Waals surface area contributed by atoms with Gasteiger partial charge in [-0.2, -0.15) is 0 Å². The number of nitrogens with one attached hydrogen (secondary N) is 1. The zero-order valence-corrected chi connectivity index (χ0v) is 14.9. The second kappa shape index (κ2) is 10.0. The molecule has 0 aromatic heterocycles. The van der Waals surface area contributed by atoms with Crippen molar-refractivity contribution in [2.75, 3.05) is 19.5 Å². The number of thioether (sulfide) groups is 1. The smallest absolute Gasteiger partial charge is 0.230 e. The number of carbonyl (C=O) groups excluding carboxylic acids is 1. The Bertz CT molecular complexity index is 643. The van der Waals surface area contributed by atoms with Gasteiger partial charge < -0.3 is 14.8 Å². The molecule has 24 heavy (non-hydrogen) atoms. The molecule has 0 unspecified atom stereocenters. The Morgan fingerprint density at radius 3 is 2.46 bits per heavy atom. The van der Waals surface area contributed by atoms with Crippen LogP contribution in [0.5, 0.6) is 5.75 Å². The lowest BCUT2D eigenvalue weighted by molar-refractivity contribution is -0.118. The van der Waals surface area contributed by atoms with Crippen LogP contribution in [0.4, 0.5) is 0 Å². The van der Waals surface area contributed by atoms with E-state index in [-0.39, 0.29) is 5.91 Å². The molecule has 0 aliphatic rings. The third-order valence-electron chi connectivity index (χ3n) is 3.49. The van der Waals surface area contributed by atoms with Gasteiger partial charge in [-0.3, -0.25) is 4.79 Å². The van der Waals surface area contributed by atoms with Crippen LogP contribution in [0, 0.1) is 0 Å². The maximum Gasteiger partial charge on any atom is 0.230 e. The van der Waals surface area contributed by atoms with Gasteiger partial charge in [0.1, 0.15) is 5.75 Å². The minimum absolute atomic E-state index is 0.0158. The van der Waals surface area contributed by atoms with Crippen molar-refractivity contribution in [3.05, 3.63) is 59.7 Å². The number of methoxy groups -OCH3 is 1. The Hall–Kier alpha value is -1.98. The van der Waals surface area contributed by atoms with Gasteiger partial charge in [0.2, 0.25) is 5.91 Å². The van der Waals surface area contributed by atoms with Gasteiger partial charge in [0.05, 0.1) is 19.5 Å². The van der Waals surface area contributed by atoms with E-state index in [0.29, 0.717) is 25.5 Å². The van der Waals surface area contributed by atoms with Crippen LogP contribution in [0.1, 0.15) is 18.1 Å². The molecule has 0 atom stereocenters. The lowest BCUT2D eigenvalue weighted by Gasteiger charge is -2.11. The second-order valence-corrected chi connectivity index (χ2v) is 6.20. The summed E-state index contributed by atoms with van der Waals surface area (Å²) in [4.78, 5) is 13.1. The highest BCUT2D eigenvalue weighted by Gasteiger charge is 2.06. The summed E-state index contributed by atoms with van der Waals surface area (Å²) in [5, 5.41) is 2.97. The topological polar surface area (TPSA) is 47.6 Å². The fourth-order valence-corrected chi connectivity index (χ4v) is 2.88. The van der Waals surface area contributed by atoms with Crippen LogP contribution in [0.3, 0.4) is 0 Å². The van der Waals surface area contributed by atoms with Gasteiger partial charge in [-0.05, 0) is 42.3 Å². The first-order valence-corrected chi connectivity index (χ1v) is 8.89. The fraction of sp³-hybridized carbons (Fsp3) is 0.316. The van der Waals surface area contributed by atoms with Crippen LogP contribution >= 0.6 is 11.8 Å². The van der Waals surface area contributed by atoms with E-state index in [2.05, 4.69) is 5.32 Å². The largest absolute Gasteiger partial charge is 0.497 e. The molecule has 5 heteroatoms. The maximum absolute atomic E-state index is 12.1. The van der Waals surface area contributed by atoms with E-state index in [4.69, 9.17) is 9.47 Å². The molecule has 0 spiro atoms. The van der Waals surface area contributed by atoms with Crippen molar-refractivity contribution in [2.45, 2.75) is 25.0 Å². The number of amides is 1. The second-order valence-electron chi connectivity index (χ2n) is 5.15. The van der Waals surface area contributed by atoms with E-state index < -0.39 is 0 Å². The summed E-state index contributed by atoms with van der Waals surface area (Å²) in [6.45, 7) is 3.74. The van der Waals surface area contributed by atoms with Crippen molar-refractivity contribution >= 4 is 17.7 Å². The molecule has 128 valence electrons. The number of carbonyl (C=O) groups is 1. The van der Waals surface area contributed by atoms with Crippen molar-refractivity contribution in [3.63, 3.8) is 0 Å². The predicted octanol–water partition coefficient (Wildman–Crippen LogP) is 3.64. The summed E-state index contributed by atoms with van der Waals surface area (Å²) in [6, 6.07) is 15.7. The van der Waals surface area contributed by atoms with E-state index in [1.54, 1.807) is 7.11 Å². The lowest BCUT2D eigenvalue weighted by Crippen LogP contribution is -2.25. The molecule has 2 aromatic rings. The molecule has 1 N–H and O–H groups in total.